The van der Waals surface area contributed by atoms with Gasteiger partial charge >= 0.3 is 0 Å². The third kappa shape index (κ3) is 3.69. The highest BCUT2D eigenvalue weighted by Gasteiger charge is 2.02. The van der Waals surface area contributed by atoms with Crippen molar-refractivity contribution in [1.29, 1.82) is 0 Å². The topological polar surface area (TPSA) is 49.8 Å². The molecule has 0 aromatic carbocycles. The summed E-state index contributed by atoms with van der Waals surface area (Å²) >= 11 is 1.59. The molecule has 0 amide bonds. The third-order valence-electron chi connectivity index (χ3n) is 1.68. The molecule has 1 aromatic rings. The van der Waals surface area contributed by atoms with E-state index in [0.717, 1.165) is 23.2 Å². The molecule has 1 aromatic heterocycles. The predicted octanol–water partition coefficient (Wildman–Crippen LogP) is 1.11. The molecule has 0 saturated carbocycles. The Labute approximate surface area is 82.8 Å². The minimum atomic E-state index is 0.606. The number of hydrogen-bond acceptors (Lipinski definition) is 5. The molecule has 74 valence electrons. The van der Waals surface area contributed by atoms with Crippen molar-refractivity contribution in [3.8, 4) is 0 Å². The maximum Gasteiger partial charge on any atom is 0.205 e. The fraction of sp³-hybridized carbons (Fsp3) is 0.750. The van der Waals surface area contributed by atoms with Gasteiger partial charge in [0.15, 0.2) is 0 Å². The summed E-state index contributed by atoms with van der Waals surface area (Å²) in [6.07, 6.45) is 0. The lowest BCUT2D eigenvalue weighted by atomic mass is 10.2. The number of hydrogen-bond donors (Lipinski definition) is 2. The lowest BCUT2D eigenvalue weighted by molar-refractivity contribution is 0.569. The van der Waals surface area contributed by atoms with Crippen molar-refractivity contribution in [2.24, 2.45) is 5.92 Å². The quantitative estimate of drug-likeness (QED) is 0.747. The predicted molar refractivity (Wildman–Crippen MR) is 56.2 cm³/mol. The summed E-state index contributed by atoms with van der Waals surface area (Å²) in [5, 5.41) is 16.2. The normalized spacial score (nSPS) is 12.8. The molecule has 13 heavy (non-hydrogen) atoms. The van der Waals surface area contributed by atoms with Crippen molar-refractivity contribution < 1.29 is 0 Å². The van der Waals surface area contributed by atoms with Gasteiger partial charge in [0.25, 0.3) is 0 Å². The van der Waals surface area contributed by atoms with Gasteiger partial charge in [0, 0.05) is 6.54 Å². The van der Waals surface area contributed by atoms with Crippen molar-refractivity contribution in [2.75, 3.05) is 25.5 Å². The van der Waals surface area contributed by atoms with E-state index in [9.17, 15) is 0 Å². The van der Waals surface area contributed by atoms with E-state index in [4.69, 9.17) is 0 Å². The monoisotopic (exact) mass is 200 g/mol. The van der Waals surface area contributed by atoms with Gasteiger partial charge < -0.3 is 10.6 Å². The van der Waals surface area contributed by atoms with Crippen LogP contribution in [0.4, 0.5) is 5.13 Å². The Balaban J connectivity index is 2.26. The molecule has 2 N–H and O–H groups in total. The van der Waals surface area contributed by atoms with E-state index in [-0.39, 0.29) is 0 Å². The Morgan fingerprint density at radius 3 is 2.69 bits per heavy atom. The largest absolute Gasteiger partial charge is 0.360 e. The first-order valence-corrected chi connectivity index (χ1v) is 5.22. The molecule has 5 heteroatoms. The van der Waals surface area contributed by atoms with Crippen molar-refractivity contribution in [1.82, 2.24) is 15.5 Å². The van der Waals surface area contributed by atoms with E-state index >= 15 is 0 Å². The number of aromatic nitrogens is 2. The lowest BCUT2D eigenvalue weighted by Crippen LogP contribution is -2.22. The van der Waals surface area contributed by atoms with Crippen LogP contribution in [0.1, 0.15) is 11.9 Å². The zero-order valence-corrected chi connectivity index (χ0v) is 9.11. The zero-order chi connectivity index (χ0) is 9.68. The maximum absolute atomic E-state index is 3.98. The molecule has 0 fully saturated rings. The van der Waals surface area contributed by atoms with Gasteiger partial charge in [-0.3, -0.25) is 0 Å². The van der Waals surface area contributed by atoms with Crippen molar-refractivity contribution in [2.45, 2.75) is 13.8 Å². The Kier molecular flexibility index (Phi) is 4.11. The van der Waals surface area contributed by atoms with Crippen LogP contribution in [-0.2, 0) is 0 Å². The van der Waals surface area contributed by atoms with Crippen molar-refractivity contribution >= 4 is 16.5 Å². The Morgan fingerprint density at radius 1 is 1.38 bits per heavy atom. The molecule has 0 aliphatic carbocycles. The second-order valence-corrected chi connectivity index (χ2v) is 4.35. The molecule has 0 spiro atoms. The van der Waals surface area contributed by atoms with Crippen LogP contribution >= 0.6 is 11.3 Å². The highest BCUT2D eigenvalue weighted by atomic mass is 32.1. The highest BCUT2D eigenvalue weighted by Crippen LogP contribution is 2.13. The van der Waals surface area contributed by atoms with Gasteiger partial charge in [0.2, 0.25) is 5.13 Å². The molecule has 0 aliphatic rings. The maximum atomic E-state index is 3.98. The van der Waals surface area contributed by atoms with E-state index in [2.05, 4.69) is 27.8 Å². The fourth-order valence-corrected chi connectivity index (χ4v) is 1.65. The molecule has 1 heterocycles. The molecule has 0 aliphatic heterocycles. The lowest BCUT2D eigenvalue weighted by Gasteiger charge is -2.10. The van der Waals surface area contributed by atoms with Gasteiger partial charge in [-0.2, -0.15) is 0 Å². The van der Waals surface area contributed by atoms with Crippen molar-refractivity contribution in [3.63, 3.8) is 0 Å². The van der Waals surface area contributed by atoms with E-state index in [1.54, 1.807) is 11.3 Å². The minimum absolute atomic E-state index is 0.606. The van der Waals surface area contributed by atoms with E-state index in [1.165, 1.54) is 0 Å². The molecule has 4 nitrogen and oxygen atoms in total. The smallest absolute Gasteiger partial charge is 0.205 e. The van der Waals surface area contributed by atoms with Crippen LogP contribution in [0, 0.1) is 12.8 Å². The summed E-state index contributed by atoms with van der Waals surface area (Å²) in [4.78, 5) is 0. The minimum Gasteiger partial charge on any atom is -0.360 e. The molecule has 0 bridgehead atoms. The van der Waals surface area contributed by atoms with Gasteiger partial charge in [-0.25, -0.2) is 0 Å². The van der Waals surface area contributed by atoms with Crippen molar-refractivity contribution in [3.05, 3.63) is 5.01 Å². The molecule has 0 saturated heterocycles. The Morgan fingerprint density at radius 2 is 2.15 bits per heavy atom. The Bertz CT molecular complexity index is 248. The van der Waals surface area contributed by atoms with Crippen LogP contribution in [0.15, 0.2) is 0 Å². The molecule has 1 rings (SSSR count). The first-order valence-electron chi connectivity index (χ1n) is 4.41. The highest BCUT2D eigenvalue weighted by molar-refractivity contribution is 7.15. The van der Waals surface area contributed by atoms with Crippen LogP contribution in [0.3, 0.4) is 0 Å². The summed E-state index contributed by atoms with van der Waals surface area (Å²) < 4.78 is 0. The van der Waals surface area contributed by atoms with E-state index < -0.39 is 0 Å². The molecule has 1 unspecified atom stereocenters. The summed E-state index contributed by atoms with van der Waals surface area (Å²) in [5.41, 5.74) is 0. The van der Waals surface area contributed by atoms with Gasteiger partial charge in [-0.1, -0.05) is 18.3 Å². The van der Waals surface area contributed by atoms with Crippen LogP contribution in [0.2, 0.25) is 0 Å². The number of anilines is 1. The van der Waals surface area contributed by atoms with Gasteiger partial charge in [-0.05, 0) is 26.4 Å². The van der Waals surface area contributed by atoms with Gasteiger partial charge in [0.05, 0.1) is 0 Å². The van der Waals surface area contributed by atoms with Gasteiger partial charge in [0.1, 0.15) is 5.01 Å². The average Bonchev–Trinajstić information content (AvgIpc) is 2.49. The summed E-state index contributed by atoms with van der Waals surface area (Å²) in [5.74, 6) is 0.606. The number of rotatable bonds is 5. The van der Waals surface area contributed by atoms with Crippen LogP contribution in [0.25, 0.3) is 0 Å². The molecular weight excluding hydrogens is 184 g/mol. The number of nitrogens with one attached hydrogen (secondary N) is 2. The van der Waals surface area contributed by atoms with E-state index in [1.807, 2.05) is 14.0 Å². The summed E-state index contributed by atoms with van der Waals surface area (Å²) in [6.45, 7) is 6.11. The fourth-order valence-electron chi connectivity index (χ4n) is 1.05. The first kappa shape index (κ1) is 10.4. The third-order valence-corrected chi connectivity index (χ3v) is 2.48. The summed E-state index contributed by atoms with van der Waals surface area (Å²) in [7, 11) is 1.96. The standard InChI is InChI=1S/C8H16N4S/c1-6(4-9-3)5-10-8-12-11-7(2)13-8/h6,9H,4-5H2,1-3H3,(H,10,12). The van der Waals surface area contributed by atoms with Gasteiger partial charge in [-0.15, -0.1) is 10.2 Å². The number of aryl methyl sites for hydroxylation is 1. The molecule has 1 atom stereocenters. The average molecular weight is 200 g/mol. The van der Waals surface area contributed by atoms with Crippen LogP contribution < -0.4 is 10.6 Å². The SMILES string of the molecule is CNCC(C)CNc1nnc(C)s1. The molecular formula is C8H16N4S. The Hall–Kier alpha value is -0.680. The second-order valence-electron chi connectivity index (χ2n) is 3.17. The first-order chi connectivity index (χ1) is 6.22. The number of nitrogens with zero attached hydrogens (tertiary/aromatic N) is 2. The van der Waals surface area contributed by atoms with Crippen LogP contribution in [0.5, 0.6) is 0 Å². The summed E-state index contributed by atoms with van der Waals surface area (Å²) in [6, 6.07) is 0. The van der Waals surface area contributed by atoms with Crippen LogP contribution in [-0.4, -0.2) is 30.3 Å². The molecule has 0 radical (unpaired) electrons. The zero-order valence-electron chi connectivity index (χ0n) is 8.29. The second kappa shape index (κ2) is 5.14. The van der Waals surface area contributed by atoms with E-state index in [0.29, 0.717) is 5.92 Å².